The Labute approximate surface area is 115 Å². The molecule has 0 aromatic carbocycles. The van der Waals surface area contributed by atoms with E-state index in [0.29, 0.717) is 10.9 Å². The maximum atomic E-state index is 10.9. The number of thioether (sulfide) groups is 1. The maximum Gasteiger partial charge on any atom is 0.335 e. The molecule has 3 rings (SSSR count). The first kappa shape index (κ1) is 12.5. The fourth-order valence-corrected chi connectivity index (χ4v) is 3.69. The van der Waals surface area contributed by atoms with Gasteiger partial charge < -0.3 is 5.11 Å². The summed E-state index contributed by atoms with van der Waals surface area (Å²) in [7, 11) is 0. The van der Waals surface area contributed by atoms with E-state index in [4.69, 9.17) is 5.11 Å². The molecule has 1 saturated heterocycles. The van der Waals surface area contributed by atoms with Crippen molar-refractivity contribution in [1.29, 1.82) is 0 Å². The van der Waals surface area contributed by atoms with E-state index >= 15 is 0 Å². The van der Waals surface area contributed by atoms with E-state index in [1.807, 2.05) is 16.2 Å². The van der Waals surface area contributed by atoms with Crippen LogP contribution < -0.4 is 0 Å². The van der Waals surface area contributed by atoms with Gasteiger partial charge in [-0.25, -0.2) is 4.79 Å². The van der Waals surface area contributed by atoms with E-state index in [2.05, 4.69) is 10.2 Å². The van der Waals surface area contributed by atoms with Crippen LogP contribution in [0.1, 0.15) is 35.4 Å². The van der Waals surface area contributed by atoms with Crippen molar-refractivity contribution in [3.05, 3.63) is 29.7 Å². The monoisotopic (exact) mass is 277 g/mol. The van der Waals surface area contributed by atoms with Gasteiger partial charge in [0.2, 0.25) is 0 Å². The first-order chi connectivity index (χ1) is 9.24. The molecule has 1 fully saturated rings. The Morgan fingerprint density at radius 3 is 3.11 bits per heavy atom. The van der Waals surface area contributed by atoms with Crippen LogP contribution in [-0.4, -0.2) is 36.7 Å². The molecule has 19 heavy (non-hydrogen) atoms. The van der Waals surface area contributed by atoms with Gasteiger partial charge in [-0.3, -0.25) is 4.40 Å². The predicted octanol–water partition coefficient (Wildman–Crippen LogP) is 2.26. The Bertz CT molecular complexity index is 605. The van der Waals surface area contributed by atoms with E-state index in [0.717, 1.165) is 12.2 Å². The molecule has 0 radical (unpaired) electrons. The second-order valence-electron chi connectivity index (χ2n) is 4.76. The van der Waals surface area contributed by atoms with Gasteiger partial charge in [-0.15, -0.1) is 10.2 Å². The van der Waals surface area contributed by atoms with E-state index in [1.165, 1.54) is 25.0 Å². The number of aromatic nitrogens is 3. The molecule has 0 aliphatic carbocycles. The van der Waals surface area contributed by atoms with Gasteiger partial charge in [0.25, 0.3) is 0 Å². The number of carboxylic acids is 1. The topological polar surface area (TPSA) is 67.5 Å². The van der Waals surface area contributed by atoms with Gasteiger partial charge in [0, 0.05) is 17.9 Å². The zero-order valence-electron chi connectivity index (χ0n) is 10.5. The van der Waals surface area contributed by atoms with Crippen LogP contribution >= 0.6 is 11.8 Å². The standard InChI is InChI=1S/C13H15N3O2S/c17-13(18)9-4-5-16-11(7-9)14-15-12(16)8-10-3-1-2-6-19-10/h4-5,7,10H,1-3,6,8H2,(H,17,18). The fraction of sp³-hybridized carbons (Fsp3) is 0.462. The van der Waals surface area contributed by atoms with Crippen LogP contribution in [0.15, 0.2) is 18.3 Å². The highest BCUT2D eigenvalue weighted by Gasteiger charge is 2.18. The fourth-order valence-electron chi connectivity index (χ4n) is 2.38. The highest BCUT2D eigenvalue weighted by molar-refractivity contribution is 7.99. The molecule has 0 bridgehead atoms. The normalized spacial score (nSPS) is 19.7. The summed E-state index contributed by atoms with van der Waals surface area (Å²) < 4.78 is 1.89. The second-order valence-corrected chi connectivity index (χ2v) is 6.17. The lowest BCUT2D eigenvalue weighted by Gasteiger charge is -2.20. The minimum Gasteiger partial charge on any atom is -0.478 e. The highest BCUT2D eigenvalue weighted by Crippen LogP contribution is 2.27. The Balaban J connectivity index is 1.86. The van der Waals surface area contributed by atoms with Gasteiger partial charge in [-0.1, -0.05) is 6.42 Å². The molecule has 1 aliphatic rings. The molecule has 1 atom stereocenters. The molecular formula is C13H15N3O2S. The van der Waals surface area contributed by atoms with E-state index < -0.39 is 5.97 Å². The van der Waals surface area contributed by atoms with Crippen LogP contribution in [-0.2, 0) is 6.42 Å². The molecule has 0 saturated carbocycles. The molecule has 2 aromatic heterocycles. The first-order valence-corrected chi connectivity index (χ1v) is 7.47. The number of hydrogen-bond acceptors (Lipinski definition) is 4. The van der Waals surface area contributed by atoms with Gasteiger partial charge in [-0.2, -0.15) is 11.8 Å². The molecule has 1 N–H and O–H groups in total. The third kappa shape index (κ3) is 2.58. The summed E-state index contributed by atoms with van der Waals surface area (Å²) in [5.41, 5.74) is 0.856. The summed E-state index contributed by atoms with van der Waals surface area (Å²) in [5, 5.41) is 17.8. The Kier molecular flexibility index (Phi) is 3.42. The Morgan fingerprint density at radius 2 is 2.37 bits per heavy atom. The summed E-state index contributed by atoms with van der Waals surface area (Å²) in [6.45, 7) is 0. The predicted molar refractivity (Wildman–Crippen MR) is 73.7 cm³/mol. The SMILES string of the molecule is O=C(O)c1ccn2c(CC3CCCCS3)nnc2c1. The summed E-state index contributed by atoms with van der Waals surface area (Å²) in [6.07, 6.45) is 6.48. The maximum absolute atomic E-state index is 10.9. The molecule has 0 spiro atoms. The number of hydrogen-bond donors (Lipinski definition) is 1. The van der Waals surface area contributed by atoms with Gasteiger partial charge in [0.05, 0.1) is 5.56 Å². The number of nitrogens with zero attached hydrogens (tertiary/aromatic N) is 3. The number of aromatic carboxylic acids is 1. The average molecular weight is 277 g/mol. The van der Waals surface area contributed by atoms with E-state index in [9.17, 15) is 4.79 Å². The zero-order chi connectivity index (χ0) is 13.2. The lowest BCUT2D eigenvalue weighted by Crippen LogP contribution is -2.14. The van der Waals surface area contributed by atoms with Gasteiger partial charge in [0.15, 0.2) is 5.65 Å². The Morgan fingerprint density at radius 1 is 1.47 bits per heavy atom. The van der Waals surface area contributed by atoms with Crippen LogP contribution in [0.25, 0.3) is 5.65 Å². The number of fused-ring (bicyclic) bond motifs is 1. The minimum atomic E-state index is -0.935. The first-order valence-electron chi connectivity index (χ1n) is 6.42. The van der Waals surface area contributed by atoms with Crippen LogP contribution in [0.4, 0.5) is 0 Å². The quantitative estimate of drug-likeness (QED) is 0.932. The molecule has 6 heteroatoms. The molecule has 100 valence electrons. The Hall–Kier alpha value is -1.56. The molecule has 0 amide bonds. The third-order valence-corrected chi connectivity index (χ3v) is 4.81. The second kappa shape index (κ2) is 5.21. The minimum absolute atomic E-state index is 0.249. The van der Waals surface area contributed by atoms with Crippen molar-refractivity contribution in [2.45, 2.75) is 30.9 Å². The summed E-state index contributed by atoms with van der Waals surface area (Å²) >= 11 is 2.00. The number of pyridine rings is 1. The molecule has 5 nitrogen and oxygen atoms in total. The number of carboxylic acid groups (broad SMARTS) is 1. The van der Waals surface area contributed by atoms with Crippen molar-refractivity contribution < 1.29 is 9.90 Å². The lowest BCUT2D eigenvalue weighted by molar-refractivity contribution is 0.0697. The van der Waals surface area contributed by atoms with Crippen LogP contribution in [0.5, 0.6) is 0 Å². The van der Waals surface area contributed by atoms with E-state index in [1.54, 1.807) is 18.3 Å². The number of rotatable bonds is 3. The van der Waals surface area contributed by atoms with E-state index in [-0.39, 0.29) is 5.56 Å². The largest absolute Gasteiger partial charge is 0.478 e. The third-order valence-electron chi connectivity index (χ3n) is 3.41. The van der Waals surface area contributed by atoms with Crippen molar-refractivity contribution in [2.75, 3.05) is 5.75 Å². The molecule has 1 aliphatic heterocycles. The van der Waals surface area contributed by atoms with Crippen molar-refractivity contribution in [2.24, 2.45) is 0 Å². The van der Waals surface area contributed by atoms with Gasteiger partial charge in [0.1, 0.15) is 5.82 Å². The molecular weight excluding hydrogens is 262 g/mol. The van der Waals surface area contributed by atoms with Gasteiger partial charge in [-0.05, 0) is 30.7 Å². The smallest absolute Gasteiger partial charge is 0.335 e. The molecule has 1 unspecified atom stereocenters. The van der Waals surface area contributed by atoms with Crippen LogP contribution in [0, 0.1) is 0 Å². The highest BCUT2D eigenvalue weighted by atomic mass is 32.2. The number of carbonyl (C=O) groups is 1. The van der Waals surface area contributed by atoms with Gasteiger partial charge >= 0.3 is 5.97 Å². The van der Waals surface area contributed by atoms with Crippen molar-refractivity contribution >= 4 is 23.4 Å². The van der Waals surface area contributed by atoms with Crippen molar-refractivity contribution in [3.8, 4) is 0 Å². The van der Waals surface area contributed by atoms with Crippen molar-refractivity contribution in [3.63, 3.8) is 0 Å². The lowest BCUT2D eigenvalue weighted by atomic mass is 10.1. The average Bonchev–Trinajstić information content (AvgIpc) is 2.82. The van der Waals surface area contributed by atoms with Crippen LogP contribution in [0.2, 0.25) is 0 Å². The zero-order valence-corrected chi connectivity index (χ0v) is 11.3. The van der Waals surface area contributed by atoms with Crippen molar-refractivity contribution in [1.82, 2.24) is 14.6 Å². The summed E-state index contributed by atoms with van der Waals surface area (Å²) in [5.74, 6) is 1.21. The van der Waals surface area contributed by atoms with Crippen LogP contribution in [0.3, 0.4) is 0 Å². The molecule has 2 aromatic rings. The summed E-state index contributed by atoms with van der Waals surface area (Å²) in [4.78, 5) is 10.9. The molecule has 3 heterocycles. The summed E-state index contributed by atoms with van der Waals surface area (Å²) in [6, 6.07) is 3.16.